The molecule has 0 radical (unpaired) electrons. The Morgan fingerprint density at radius 3 is 2.30 bits per heavy atom. The highest BCUT2D eigenvalue weighted by Gasteiger charge is 2.02. The summed E-state index contributed by atoms with van der Waals surface area (Å²) in [6, 6.07) is 7.47. The lowest BCUT2D eigenvalue weighted by molar-refractivity contribution is 0.520. The van der Waals surface area contributed by atoms with Crippen molar-refractivity contribution in [1.29, 1.82) is 0 Å². The molecule has 3 heteroatoms. The summed E-state index contributed by atoms with van der Waals surface area (Å²) in [7, 11) is 0. The Morgan fingerprint density at radius 2 is 1.59 bits per heavy atom. The molecule has 0 aliphatic heterocycles. The lowest BCUT2D eigenvalue weighted by Gasteiger charge is -2.04. The Morgan fingerprint density at radius 1 is 0.889 bits per heavy atom. The number of aromatic nitrogens is 2. The maximum Gasteiger partial charge on any atom is 0.159 e. The number of hydrogen-bond donors (Lipinski definition) is 0. The van der Waals surface area contributed by atoms with Gasteiger partial charge in [-0.05, 0) is 54.5 Å². The zero-order valence-corrected chi connectivity index (χ0v) is 15.8. The van der Waals surface area contributed by atoms with E-state index in [0.29, 0.717) is 11.6 Å². The second-order valence-electron chi connectivity index (χ2n) is 6.18. The lowest BCUT2D eigenvalue weighted by atomic mass is 10.1. The van der Waals surface area contributed by atoms with Gasteiger partial charge in [-0.25, -0.2) is 9.97 Å². The molecule has 3 nitrogen and oxygen atoms in total. The van der Waals surface area contributed by atoms with Crippen LogP contribution >= 0.6 is 0 Å². The highest BCUT2D eigenvalue weighted by atomic mass is 16.5. The lowest BCUT2D eigenvalue weighted by Crippen LogP contribution is -1.93. The fourth-order valence-electron chi connectivity index (χ4n) is 2.59. The second kappa shape index (κ2) is 12.2. The molecule has 1 heterocycles. The number of aryl methyl sites for hydroxylation is 1. The summed E-state index contributed by atoms with van der Waals surface area (Å²) < 4.78 is 5.27. The van der Waals surface area contributed by atoms with Gasteiger partial charge in [0.1, 0.15) is 11.9 Å². The molecule has 136 valence electrons. The van der Waals surface area contributed by atoms with Crippen LogP contribution in [0.15, 0.2) is 36.7 Å². The van der Waals surface area contributed by atoms with Crippen molar-refractivity contribution in [2.24, 2.45) is 0 Å². The third kappa shape index (κ3) is 7.68. The molecule has 2 aromatic rings. The number of rotatable bonds is 9. The molecule has 1 aromatic carbocycles. The van der Waals surface area contributed by atoms with Crippen LogP contribution in [0.1, 0.15) is 51.0 Å². The molecule has 2 rings (SSSR count). The van der Waals surface area contributed by atoms with E-state index in [0.717, 1.165) is 12.0 Å². The number of unbranched alkanes of at least 4 members (excludes halogenated alkanes) is 5. The average Bonchev–Trinajstić information content (AvgIpc) is 2.71. The van der Waals surface area contributed by atoms with E-state index in [1.165, 1.54) is 44.1 Å². The van der Waals surface area contributed by atoms with Gasteiger partial charge in [-0.1, -0.05) is 39.0 Å². The van der Waals surface area contributed by atoms with E-state index in [1.54, 1.807) is 0 Å². The monoisotopic (exact) mass is 356 g/mol. The normalized spacial score (nSPS) is 9.33. The first-order valence-corrected chi connectivity index (χ1v) is 9.37. The number of nitrogens with zero attached hydrogens (tertiary/aromatic N) is 2. The Bertz CT molecular complexity index is 854. The van der Waals surface area contributed by atoms with Gasteiger partial charge in [0.25, 0.3) is 0 Å². The third-order valence-electron chi connectivity index (χ3n) is 4.05. The van der Waals surface area contributed by atoms with E-state index in [4.69, 9.17) is 11.2 Å². The predicted octanol–water partition coefficient (Wildman–Crippen LogP) is 5.02. The molecule has 0 unspecified atom stereocenters. The van der Waals surface area contributed by atoms with E-state index in [2.05, 4.69) is 46.7 Å². The van der Waals surface area contributed by atoms with Gasteiger partial charge in [-0.3, -0.25) is 0 Å². The van der Waals surface area contributed by atoms with Crippen LogP contribution in [0.4, 0.5) is 0 Å². The van der Waals surface area contributed by atoms with Gasteiger partial charge in [0.05, 0.1) is 0 Å². The van der Waals surface area contributed by atoms with Crippen molar-refractivity contribution in [3.63, 3.8) is 0 Å². The molecule has 0 atom stereocenters. The second-order valence-corrected chi connectivity index (χ2v) is 6.18. The third-order valence-corrected chi connectivity index (χ3v) is 4.05. The topological polar surface area (TPSA) is 35.0 Å². The Hall–Kier alpha value is -3.22. The van der Waals surface area contributed by atoms with Crippen LogP contribution in [0.25, 0.3) is 11.4 Å². The summed E-state index contributed by atoms with van der Waals surface area (Å²) >= 11 is 0. The fourth-order valence-corrected chi connectivity index (χ4v) is 2.59. The molecule has 0 fully saturated rings. The van der Waals surface area contributed by atoms with Gasteiger partial charge in [0, 0.05) is 29.8 Å². The Kier molecular flexibility index (Phi) is 9.07. The maximum absolute atomic E-state index is 5.27. The summed E-state index contributed by atoms with van der Waals surface area (Å²) in [4.78, 5) is 8.97. The van der Waals surface area contributed by atoms with Crippen molar-refractivity contribution in [1.82, 2.24) is 9.97 Å². The quantitative estimate of drug-likeness (QED) is 0.467. The molecule has 1 aromatic heterocycles. The summed E-state index contributed by atoms with van der Waals surface area (Å²) in [5, 5.41) is 0. The molecule has 0 saturated carbocycles. The Balaban J connectivity index is 1.83. The van der Waals surface area contributed by atoms with Gasteiger partial charge in [0.2, 0.25) is 0 Å². The van der Waals surface area contributed by atoms with E-state index in [1.807, 2.05) is 36.7 Å². The predicted molar refractivity (Wildman–Crippen MR) is 110 cm³/mol. The molecule has 0 spiro atoms. The minimum Gasteiger partial charge on any atom is -0.407 e. The standard InChI is InChI=1S/C24H24N2O/c1-3-5-7-9-10-11-13-21-19-25-24(26-20-21)22-14-16-23(17-15-22)27-18-12-8-6-4-2/h2,14-17,19-20H,3,5,7,9-11,13H2,1H3. The zero-order chi connectivity index (χ0) is 19.2. The first kappa shape index (κ1) is 20.1. The SMILES string of the molecule is C#CC#CC#COc1ccc(-c2ncc(CCCCCCCC)cn2)cc1. The fraction of sp³-hybridized carbons (Fsp3) is 0.333. The molecule has 0 aliphatic carbocycles. The van der Waals surface area contributed by atoms with Gasteiger partial charge in [-0.15, -0.1) is 6.42 Å². The van der Waals surface area contributed by atoms with Crippen molar-refractivity contribution in [3.8, 4) is 53.3 Å². The van der Waals surface area contributed by atoms with E-state index in [-0.39, 0.29) is 0 Å². The first-order valence-electron chi connectivity index (χ1n) is 9.37. The molecule has 0 amide bonds. The first-order chi connectivity index (χ1) is 13.3. The molecule has 0 aliphatic rings. The van der Waals surface area contributed by atoms with Gasteiger partial charge in [0.15, 0.2) is 5.82 Å². The van der Waals surface area contributed by atoms with Gasteiger partial charge >= 0.3 is 0 Å². The number of hydrogen-bond acceptors (Lipinski definition) is 3. The largest absolute Gasteiger partial charge is 0.407 e. The molecule has 0 bridgehead atoms. The molecule has 27 heavy (non-hydrogen) atoms. The van der Waals surface area contributed by atoms with Crippen molar-refractivity contribution in [2.75, 3.05) is 0 Å². The van der Waals surface area contributed by atoms with Crippen LogP contribution < -0.4 is 4.74 Å². The molecular formula is C24H24N2O. The number of terminal acetylenes is 1. The zero-order valence-electron chi connectivity index (χ0n) is 15.8. The van der Waals surface area contributed by atoms with Crippen molar-refractivity contribution < 1.29 is 4.74 Å². The summed E-state index contributed by atoms with van der Waals surface area (Å²) in [5.74, 6) is 10.9. The van der Waals surface area contributed by atoms with Crippen LogP contribution in [0.2, 0.25) is 0 Å². The molecule has 0 saturated heterocycles. The minimum absolute atomic E-state index is 0.633. The van der Waals surface area contributed by atoms with Crippen LogP contribution in [0, 0.1) is 36.2 Å². The van der Waals surface area contributed by atoms with Crippen LogP contribution in [0.5, 0.6) is 5.75 Å². The van der Waals surface area contributed by atoms with Gasteiger partial charge in [-0.2, -0.15) is 0 Å². The summed E-state index contributed by atoms with van der Waals surface area (Å²) in [6.45, 7) is 2.24. The minimum atomic E-state index is 0.633. The number of benzene rings is 1. The molecular weight excluding hydrogens is 332 g/mol. The highest BCUT2D eigenvalue weighted by molar-refractivity contribution is 5.56. The van der Waals surface area contributed by atoms with Crippen molar-refractivity contribution in [2.45, 2.75) is 51.9 Å². The average molecular weight is 356 g/mol. The van der Waals surface area contributed by atoms with Crippen molar-refractivity contribution in [3.05, 3.63) is 42.2 Å². The maximum atomic E-state index is 5.27. The summed E-state index contributed by atoms with van der Waals surface area (Å²) in [5.41, 5.74) is 2.13. The van der Waals surface area contributed by atoms with Crippen molar-refractivity contribution >= 4 is 0 Å². The van der Waals surface area contributed by atoms with E-state index < -0.39 is 0 Å². The van der Waals surface area contributed by atoms with Crippen LogP contribution in [0.3, 0.4) is 0 Å². The van der Waals surface area contributed by atoms with Crippen LogP contribution in [-0.2, 0) is 6.42 Å². The van der Waals surface area contributed by atoms with Gasteiger partial charge < -0.3 is 4.74 Å². The molecule has 0 N–H and O–H groups in total. The van der Waals surface area contributed by atoms with E-state index in [9.17, 15) is 0 Å². The van der Waals surface area contributed by atoms with E-state index >= 15 is 0 Å². The Labute approximate surface area is 162 Å². The number of ether oxygens (including phenoxy) is 1. The smallest absolute Gasteiger partial charge is 0.159 e. The highest BCUT2D eigenvalue weighted by Crippen LogP contribution is 2.19. The van der Waals surface area contributed by atoms with Crippen LogP contribution in [-0.4, -0.2) is 9.97 Å². The summed E-state index contributed by atoms with van der Waals surface area (Å²) in [6.07, 6.45) is 20.2.